The maximum absolute atomic E-state index is 11.7. The van der Waals surface area contributed by atoms with Gasteiger partial charge in [-0.15, -0.1) is 0 Å². The number of nitrogens with two attached hydrogens (primary N) is 2. The van der Waals surface area contributed by atoms with Crippen molar-refractivity contribution >= 4 is 21.6 Å². The van der Waals surface area contributed by atoms with E-state index in [2.05, 4.69) is 15.5 Å². The van der Waals surface area contributed by atoms with Crippen LogP contribution in [0.25, 0.3) is 0 Å². The van der Waals surface area contributed by atoms with Crippen LogP contribution in [0.3, 0.4) is 0 Å². The molecule has 0 fully saturated rings. The second-order valence-corrected chi connectivity index (χ2v) is 5.57. The first-order valence-corrected chi connectivity index (χ1v) is 7.18. The number of nitrogen functional groups attached to an aromatic ring is 1. The molecule has 9 heteroatoms. The van der Waals surface area contributed by atoms with E-state index in [9.17, 15) is 13.2 Å². The second kappa shape index (κ2) is 5.83. The summed E-state index contributed by atoms with van der Waals surface area (Å²) in [6, 6.07) is 0. The van der Waals surface area contributed by atoms with Crippen LogP contribution in [0, 0.1) is 0 Å². The molecule has 0 bridgehead atoms. The molecule has 0 aliphatic heterocycles. The summed E-state index contributed by atoms with van der Waals surface area (Å²) in [4.78, 5) is 11.7. The first-order chi connectivity index (χ1) is 8.35. The molecule has 18 heavy (non-hydrogen) atoms. The lowest BCUT2D eigenvalue weighted by molar-refractivity contribution is 0.0952. The number of nitrogens with zero attached hydrogens (tertiary/aromatic N) is 1. The first kappa shape index (κ1) is 14.5. The molecule has 0 spiro atoms. The number of aromatic amines is 1. The van der Waals surface area contributed by atoms with Crippen LogP contribution < -0.4 is 16.2 Å². The van der Waals surface area contributed by atoms with Crippen LogP contribution in [0.2, 0.25) is 0 Å². The van der Waals surface area contributed by atoms with Gasteiger partial charge in [0.25, 0.3) is 5.91 Å². The lowest BCUT2D eigenvalue weighted by atomic mass is 10.2. The van der Waals surface area contributed by atoms with Gasteiger partial charge in [0, 0.05) is 6.54 Å². The van der Waals surface area contributed by atoms with E-state index in [0.717, 1.165) is 6.42 Å². The molecule has 0 atom stereocenters. The maximum atomic E-state index is 11.7. The van der Waals surface area contributed by atoms with Gasteiger partial charge in [-0.2, -0.15) is 5.10 Å². The summed E-state index contributed by atoms with van der Waals surface area (Å²) in [6.07, 6.45) is 1.57. The fourth-order valence-electron chi connectivity index (χ4n) is 1.39. The second-order valence-electron chi connectivity index (χ2n) is 3.84. The van der Waals surface area contributed by atoms with Gasteiger partial charge >= 0.3 is 0 Å². The van der Waals surface area contributed by atoms with Crippen molar-refractivity contribution in [3.8, 4) is 0 Å². The number of aryl methyl sites for hydroxylation is 1. The number of hydrogen-bond donors (Lipinski definition) is 4. The number of H-pyrrole nitrogens is 1. The molecule has 0 unspecified atom stereocenters. The smallest absolute Gasteiger partial charge is 0.273 e. The fraction of sp³-hybridized carbons (Fsp3) is 0.556. The summed E-state index contributed by atoms with van der Waals surface area (Å²) < 4.78 is 21.4. The number of hydrogen-bond acceptors (Lipinski definition) is 5. The number of amides is 1. The van der Waals surface area contributed by atoms with Crippen LogP contribution in [0.1, 0.15) is 29.5 Å². The zero-order valence-corrected chi connectivity index (χ0v) is 10.9. The Morgan fingerprint density at radius 2 is 2.17 bits per heavy atom. The Bertz CT molecular complexity index is 522. The van der Waals surface area contributed by atoms with E-state index in [1.165, 1.54) is 0 Å². The molecule has 0 aliphatic rings. The van der Waals surface area contributed by atoms with E-state index < -0.39 is 15.9 Å². The van der Waals surface area contributed by atoms with Crippen LogP contribution in [-0.2, 0) is 16.4 Å². The molecule has 1 aromatic heterocycles. The zero-order chi connectivity index (χ0) is 13.8. The minimum Gasteiger partial charge on any atom is -0.395 e. The minimum atomic E-state index is -3.59. The number of carbonyl (C=O) groups is 1. The van der Waals surface area contributed by atoms with Gasteiger partial charge in [-0.3, -0.25) is 9.89 Å². The Morgan fingerprint density at radius 1 is 1.50 bits per heavy atom. The van der Waals surface area contributed by atoms with Crippen LogP contribution in [0.5, 0.6) is 0 Å². The third-order valence-electron chi connectivity index (χ3n) is 2.27. The van der Waals surface area contributed by atoms with Crippen molar-refractivity contribution in [1.29, 1.82) is 0 Å². The molecule has 102 valence electrons. The van der Waals surface area contributed by atoms with Crippen LogP contribution in [-0.4, -0.2) is 36.8 Å². The lowest BCUT2D eigenvalue weighted by Crippen LogP contribution is -2.32. The molecule has 1 rings (SSSR count). The number of sulfonamides is 1. The minimum absolute atomic E-state index is 0.0763. The van der Waals surface area contributed by atoms with Gasteiger partial charge in [0.1, 0.15) is 0 Å². The summed E-state index contributed by atoms with van der Waals surface area (Å²) in [6.45, 7) is 1.90. The van der Waals surface area contributed by atoms with Gasteiger partial charge in [-0.05, 0) is 6.42 Å². The molecule has 0 aliphatic carbocycles. The van der Waals surface area contributed by atoms with Crippen LogP contribution >= 0.6 is 0 Å². The third-order valence-corrected chi connectivity index (χ3v) is 3.04. The average Bonchev–Trinajstić information content (AvgIpc) is 2.59. The quantitative estimate of drug-likeness (QED) is 0.524. The van der Waals surface area contributed by atoms with Crippen molar-refractivity contribution in [3.05, 3.63) is 11.4 Å². The van der Waals surface area contributed by atoms with E-state index >= 15 is 0 Å². The highest BCUT2D eigenvalue weighted by atomic mass is 32.2. The molecule has 0 aromatic carbocycles. The van der Waals surface area contributed by atoms with Gasteiger partial charge < -0.3 is 11.1 Å². The highest BCUT2D eigenvalue weighted by molar-refractivity contribution is 7.89. The standard InChI is InChI=1S/C9H17N5O3S/c1-2-3-6-7(10)8(14-13-6)9(15)12-4-5-18(11,16)17/h2-5,10H2,1H3,(H,12,15)(H,13,14)(H2,11,16,17). The summed E-state index contributed by atoms with van der Waals surface area (Å²) in [7, 11) is -3.59. The molecule has 1 amide bonds. The summed E-state index contributed by atoms with van der Waals surface area (Å²) in [5.41, 5.74) is 6.83. The molecule has 6 N–H and O–H groups in total. The van der Waals surface area contributed by atoms with Gasteiger partial charge in [0.2, 0.25) is 10.0 Å². The van der Waals surface area contributed by atoms with Gasteiger partial charge in [0.15, 0.2) is 5.69 Å². The van der Waals surface area contributed by atoms with Crippen molar-refractivity contribution in [2.24, 2.45) is 5.14 Å². The van der Waals surface area contributed by atoms with Gasteiger partial charge in [-0.25, -0.2) is 13.6 Å². The largest absolute Gasteiger partial charge is 0.395 e. The van der Waals surface area contributed by atoms with Crippen molar-refractivity contribution in [2.75, 3.05) is 18.0 Å². The molecule has 0 radical (unpaired) electrons. The predicted octanol–water partition coefficient (Wildman–Crippen LogP) is -1.04. The summed E-state index contributed by atoms with van der Waals surface area (Å²) in [5, 5.41) is 13.7. The Kier molecular flexibility index (Phi) is 4.68. The Morgan fingerprint density at radius 3 is 2.72 bits per heavy atom. The third kappa shape index (κ3) is 4.00. The van der Waals surface area contributed by atoms with Crippen LogP contribution in [0.15, 0.2) is 0 Å². The molecular weight excluding hydrogens is 258 g/mol. The van der Waals surface area contributed by atoms with Crippen molar-refractivity contribution in [3.63, 3.8) is 0 Å². The fourth-order valence-corrected chi connectivity index (χ4v) is 1.78. The Labute approximate surface area is 105 Å². The van der Waals surface area contributed by atoms with Crippen molar-refractivity contribution in [1.82, 2.24) is 15.5 Å². The van der Waals surface area contributed by atoms with Crippen molar-refractivity contribution in [2.45, 2.75) is 19.8 Å². The van der Waals surface area contributed by atoms with Crippen LogP contribution in [0.4, 0.5) is 5.69 Å². The highest BCUT2D eigenvalue weighted by Crippen LogP contribution is 2.15. The number of carbonyl (C=O) groups excluding carboxylic acids is 1. The van der Waals surface area contributed by atoms with E-state index in [1.807, 2.05) is 6.92 Å². The zero-order valence-electron chi connectivity index (χ0n) is 10.1. The number of rotatable bonds is 6. The van der Waals surface area contributed by atoms with E-state index in [1.54, 1.807) is 0 Å². The molecule has 1 aromatic rings. The normalized spacial score (nSPS) is 11.4. The Balaban J connectivity index is 2.62. The number of nitrogens with one attached hydrogen (secondary N) is 2. The van der Waals surface area contributed by atoms with E-state index in [0.29, 0.717) is 17.8 Å². The predicted molar refractivity (Wildman–Crippen MR) is 67.3 cm³/mol. The maximum Gasteiger partial charge on any atom is 0.273 e. The highest BCUT2D eigenvalue weighted by Gasteiger charge is 2.16. The topological polar surface area (TPSA) is 144 Å². The van der Waals surface area contributed by atoms with E-state index in [-0.39, 0.29) is 18.0 Å². The van der Waals surface area contributed by atoms with Gasteiger partial charge in [-0.1, -0.05) is 13.3 Å². The first-order valence-electron chi connectivity index (χ1n) is 5.46. The Hall–Kier alpha value is -1.61. The molecule has 0 saturated carbocycles. The average molecular weight is 275 g/mol. The number of primary sulfonamides is 1. The molecule has 0 saturated heterocycles. The summed E-state index contributed by atoms with van der Waals surface area (Å²) in [5.74, 6) is -0.847. The van der Waals surface area contributed by atoms with Crippen molar-refractivity contribution < 1.29 is 13.2 Å². The van der Waals surface area contributed by atoms with E-state index in [4.69, 9.17) is 10.9 Å². The lowest BCUT2D eigenvalue weighted by Gasteiger charge is -2.02. The monoisotopic (exact) mass is 275 g/mol. The number of aromatic nitrogens is 2. The van der Waals surface area contributed by atoms with Gasteiger partial charge in [0.05, 0.1) is 17.1 Å². The number of anilines is 1. The molecule has 1 heterocycles. The summed E-state index contributed by atoms with van der Waals surface area (Å²) >= 11 is 0. The molecular formula is C9H17N5O3S. The molecule has 8 nitrogen and oxygen atoms in total. The SMILES string of the molecule is CCCc1[nH]nc(C(=O)NCCS(N)(=O)=O)c1N.